The summed E-state index contributed by atoms with van der Waals surface area (Å²) in [4.78, 5) is 0. The van der Waals surface area contributed by atoms with Crippen LogP contribution in [0, 0.1) is 0 Å². The summed E-state index contributed by atoms with van der Waals surface area (Å²) in [5.74, 6) is 0. The molecule has 0 unspecified atom stereocenters. The molecule has 0 nitrogen and oxygen atoms in total. The van der Waals surface area contributed by atoms with Crippen molar-refractivity contribution >= 4 is 71.8 Å². The maximum Gasteiger partial charge on any atom is 0.267 e. The standard InChI is InChI=1S/C8H18Br4Si2/c1-3-13(9,4-2)7-5-6-8-14(10,11)12/h3-8H2,1-2H3. The minimum atomic E-state index is -1.34. The van der Waals surface area contributed by atoms with Gasteiger partial charge in [-0.05, 0) is 12.1 Å². The first-order valence-electron chi connectivity index (χ1n) is 5.08. The minimum absolute atomic E-state index is 1.01. The number of rotatable bonds is 7. The van der Waals surface area contributed by atoms with E-state index in [1.807, 2.05) is 0 Å². The summed E-state index contributed by atoms with van der Waals surface area (Å²) in [7, 11) is 0. The molecule has 0 fully saturated rings. The molecule has 0 amide bonds. The molecule has 0 bridgehead atoms. The van der Waals surface area contributed by atoms with Crippen molar-refractivity contribution in [3.05, 3.63) is 0 Å². The lowest BCUT2D eigenvalue weighted by atomic mass is 10.4. The molecule has 0 heterocycles. The highest BCUT2D eigenvalue weighted by atomic mass is 80.0. The van der Waals surface area contributed by atoms with Crippen molar-refractivity contribution in [2.24, 2.45) is 0 Å². The molecule has 0 aromatic carbocycles. The molecular formula is C8H18Br4Si2. The Hall–Kier alpha value is 2.35. The molecular weight excluding hydrogens is 472 g/mol. The van der Waals surface area contributed by atoms with Gasteiger partial charge in [-0.2, -0.15) is 0 Å². The van der Waals surface area contributed by atoms with Gasteiger partial charge in [-0.25, -0.2) is 0 Å². The van der Waals surface area contributed by atoms with Gasteiger partial charge in [0.15, 0.2) is 0 Å². The Bertz CT molecular complexity index is 154. The van der Waals surface area contributed by atoms with Crippen LogP contribution in [0.5, 0.6) is 0 Å². The average Bonchev–Trinajstić information content (AvgIpc) is 2.11. The van der Waals surface area contributed by atoms with E-state index >= 15 is 0 Å². The zero-order chi connectivity index (χ0) is 11.2. The summed E-state index contributed by atoms with van der Waals surface area (Å²) in [5.41, 5.74) is 0. The lowest BCUT2D eigenvalue weighted by Crippen LogP contribution is -2.23. The maximum absolute atomic E-state index is 3.98. The first kappa shape index (κ1) is 16.4. The molecule has 0 saturated heterocycles. The van der Waals surface area contributed by atoms with Gasteiger partial charge >= 0.3 is 0 Å². The van der Waals surface area contributed by atoms with Crippen LogP contribution in [0.25, 0.3) is 0 Å². The van der Waals surface area contributed by atoms with Crippen LogP contribution in [0.3, 0.4) is 0 Å². The molecule has 86 valence electrons. The third-order valence-electron chi connectivity index (χ3n) is 2.60. The third-order valence-corrected chi connectivity index (χ3v) is 15.4. The highest BCUT2D eigenvalue weighted by Gasteiger charge is 2.26. The van der Waals surface area contributed by atoms with E-state index in [9.17, 15) is 0 Å². The van der Waals surface area contributed by atoms with Gasteiger partial charge < -0.3 is 0 Å². The fourth-order valence-corrected chi connectivity index (χ4v) is 7.48. The molecule has 0 atom stereocenters. The molecule has 0 aliphatic rings. The lowest BCUT2D eigenvalue weighted by molar-refractivity contribution is 0.862. The number of unbranched alkanes of at least 4 members (excludes halogenated alkanes) is 1. The van der Waals surface area contributed by atoms with Crippen molar-refractivity contribution in [2.45, 2.75) is 50.9 Å². The molecule has 0 aliphatic heterocycles. The summed E-state index contributed by atoms with van der Waals surface area (Å²) in [6.07, 6.45) is 2.70. The molecule has 0 saturated carbocycles. The Balaban J connectivity index is 3.63. The predicted molar refractivity (Wildman–Crippen MR) is 87.0 cm³/mol. The second-order valence-electron chi connectivity index (χ2n) is 3.68. The van der Waals surface area contributed by atoms with Crippen LogP contribution in [0.2, 0.25) is 24.2 Å². The molecule has 0 N–H and O–H groups in total. The Morgan fingerprint density at radius 2 is 1.21 bits per heavy atom. The van der Waals surface area contributed by atoms with Crippen LogP contribution in [0.1, 0.15) is 26.7 Å². The van der Waals surface area contributed by atoms with Crippen LogP contribution in [0.15, 0.2) is 0 Å². The van der Waals surface area contributed by atoms with Gasteiger partial charge in [-0.3, -0.25) is 0 Å². The smallest absolute Gasteiger partial charge is 0.126 e. The summed E-state index contributed by atoms with van der Waals surface area (Å²) in [5, 5.41) is 0. The molecule has 0 aromatic rings. The molecule has 0 rings (SSSR count). The molecule has 14 heavy (non-hydrogen) atoms. The van der Waals surface area contributed by atoms with Gasteiger partial charge in [0.2, 0.25) is 0 Å². The molecule has 0 radical (unpaired) electrons. The monoisotopic (exact) mass is 486 g/mol. The van der Waals surface area contributed by atoms with Crippen molar-refractivity contribution in [3.63, 3.8) is 0 Å². The van der Waals surface area contributed by atoms with Crippen LogP contribution in [0.4, 0.5) is 0 Å². The van der Waals surface area contributed by atoms with Crippen LogP contribution < -0.4 is 0 Å². The fourth-order valence-electron chi connectivity index (χ4n) is 1.37. The predicted octanol–water partition coefficient (Wildman–Crippen LogP) is 6.27. The van der Waals surface area contributed by atoms with E-state index in [4.69, 9.17) is 0 Å². The van der Waals surface area contributed by atoms with Crippen molar-refractivity contribution < 1.29 is 0 Å². The second kappa shape index (κ2) is 7.64. The summed E-state index contributed by atoms with van der Waals surface area (Å²) in [6.45, 7) is 3.63. The molecule has 0 spiro atoms. The quantitative estimate of drug-likeness (QED) is 0.224. The van der Waals surface area contributed by atoms with Gasteiger partial charge in [-0.1, -0.05) is 84.7 Å². The van der Waals surface area contributed by atoms with Crippen LogP contribution >= 0.6 is 61.2 Å². The van der Waals surface area contributed by atoms with Crippen molar-refractivity contribution in [3.8, 4) is 0 Å². The van der Waals surface area contributed by atoms with Crippen molar-refractivity contribution in [1.82, 2.24) is 0 Å². The van der Waals surface area contributed by atoms with Gasteiger partial charge in [0, 0.05) is 0 Å². The first-order valence-corrected chi connectivity index (χ1v) is 18.9. The van der Waals surface area contributed by atoms with Crippen molar-refractivity contribution in [1.29, 1.82) is 0 Å². The highest BCUT2D eigenvalue weighted by Crippen LogP contribution is 2.35. The van der Waals surface area contributed by atoms with Gasteiger partial charge in [0.25, 0.3) is 3.93 Å². The summed E-state index contributed by atoms with van der Waals surface area (Å²) < 4.78 is -1.34. The van der Waals surface area contributed by atoms with E-state index in [0.717, 1.165) is 0 Å². The van der Waals surface area contributed by atoms with E-state index in [0.29, 0.717) is 0 Å². The van der Waals surface area contributed by atoms with E-state index < -0.39 is 10.6 Å². The molecule has 0 aliphatic carbocycles. The third kappa shape index (κ3) is 8.50. The van der Waals surface area contributed by atoms with E-state index in [1.165, 1.54) is 37.0 Å². The lowest BCUT2D eigenvalue weighted by Gasteiger charge is -2.21. The maximum atomic E-state index is 3.98. The van der Waals surface area contributed by atoms with Gasteiger partial charge in [-0.15, -0.1) is 15.3 Å². The Labute approximate surface area is 121 Å². The highest BCUT2D eigenvalue weighted by molar-refractivity contribution is 9.72. The summed E-state index contributed by atoms with van der Waals surface area (Å²) in [6, 6.07) is 5.42. The SMILES string of the molecule is CC[Si](Br)(CC)CCCC[Si](Br)(Br)Br. The molecule has 0 aromatic heterocycles. The Kier molecular flexibility index (Phi) is 8.92. The first-order chi connectivity index (χ1) is 6.33. The fraction of sp³-hybridized carbons (Fsp3) is 1.00. The zero-order valence-corrected chi connectivity index (χ0v) is 17.1. The minimum Gasteiger partial charge on any atom is -0.126 e. The van der Waals surface area contributed by atoms with Gasteiger partial charge in [0.05, 0.1) is 0 Å². The van der Waals surface area contributed by atoms with E-state index in [1.54, 1.807) is 0 Å². The molecule has 6 heteroatoms. The Morgan fingerprint density at radius 1 is 0.786 bits per heavy atom. The zero-order valence-electron chi connectivity index (χ0n) is 8.75. The topological polar surface area (TPSA) is 0 Å². The van der Waals surface area contributed by atoms with Crippen LogP contribution in [-0.2, 0) is 0 Å². The van der Waals surface area contributed by atoms with E-state index in [2.05, 4.69) is 75.0 Å². The van der Waals surface area contributed by atoms with E-state index in [-0.39, 0.29) is 0 Å². The average molecular weight is 490 g/mol. The van der Waals surface area contributed by atoms with Gasteiger partial charge in [0.1, 0.15) is 6.69 Å². The number of hydrogen-bond donors (Lipinski definition) is 0. The van der Waals surface area contributed by atoms with Crippen molar-refractivity contribution in [2.75, 3.05) is 0 Å². The normalized spacial score (nSPS) is 13.3. The van der Waals surface area contributed by atoms with Crippen LogP contribution in [-0.4, -0.2) is 10.6 Å². The number of hydrogen-bond acceptors (Lipinski definition) is 0. The number of halogens is 4. The second-order valence-corrected chi connectivity index (χ2v) is 36.4. The summed E-state index contributed by atoms with van der Waals surface area (Å²) >= 11 is 15.0. The largest absolute Gasteiger partial charge is 0.267 e. The Morgan fingerprint density at radius 3 is 1.57 bits per heavy atom.